The monoisotopic (exact) mass is 254 g/mol. The van der Waals surface area contributed by atoms with Crippen LogP contribution in [0.25, 0.3) is 0 Å². The van der Waals surface area contributed by atoms with Crippen LogP contribution in [0, 0.1) is 0 Å². The zero-order valence-corrected chi connectivity index (χ0v) is 11.4. The van der Waals surface area contributed by atoms with Crippen molar-refractivity contribution in [1.29, 1.82) is 0 Å². The number of halogens is 1. The number of aromatic nitrogens is 2. The van der Waals surface area contributed by atoms with E-state index in [-0.39, 0.29) is 0 Å². The largest absolute Gasteiger partial charge is 0.338 e. The van der Waals surface area contributed by atoms with Crippen LogP contribution in [0.5, 0.6) is 0 Å². The van der Waals surface area contributed by atoms with Crippen molar-refractivity contribution in [3.63, 3.8) is 0 Å². The number of anilines is 1. The molecule has 0 aromatic carbocycles. The van der Waals surface area contributed by atoms with Crippen molar-refractivity contribution < 1.29 is 0 Å². The molecule has 1 fully saturated rings. The predicted octanol–water partition coefficient (Wildman–Crippen LogP) is 1.74. The molecule has 1 saturated heterocycles. The third-order valence-electron chi connectivity index (χ3n) is 3.49. The summed E-state index contributed by atoms with van der Waals surface area (Å²) < 4.78 is 0. The quantitative estimate of drug-likeness (QED) is 0.753. The molecule has 1 aliphatic heterocycles. The highest BCUT2D eigenvalue weighted by atomic mass is 35.5. The van der Waals surface area contributed by atoms with Gasteiger partial charge < -0.3 is 4.90 Å². The topological polar surface area (TPSA) is 32.3 Å². The highest BCUT2D eigenvalue weighted by Gasteiger charge is 2.27. The number of rotatable bonds is 2. The van der Waals surface area contributed by atoms with Gasteiger partial charge in [0, 0.05) is 43.1 Å². The number of piperazine rings is 1. The van der Waals surface area contributed by atoms with Gasteiger partial charge in [0.1, 0.15) is 0 Å². The lowest BCUT2D eigenvalue weighted by atomic mass is 10.1. The maximum Gasteiger partial charge on any atom is 0.225 e. The molecule has 2 unspecified atom stereocenters. The summed E-state index contributed by atoms with van der Waals surface area (Å²) in [5, 5.41) is 0. The fourth-order valence-corrected chi connectivity index (χ4v) is 2.29. The maximum absolute atomic E-state index is 5.73. The first-order valence-corrected chi connectivity index (χ1v) is 6.49. The lowest BCUT2D eigenvalue weighted by molar-refractivity contribution is 0.169. The second-order valence-electron chi connectivity index (χ2n) is 4.79. The van der Waals surface area contributed by atoms with Crippen LogP contribution in [0.2, 0.25) is 0 Å². The number of hydrogen-bond acceptors (Lipinski definition) is 4. The molecule has 0 spiro atoms. The summed E-state index contributed by atoms with van der Waals surface area (Å²) >= 11 is 5.73. The molecule has 5 heteroatoms. The van der Waals surface area contributed by atoms with E-state index in [1.165, 1.54) is 0 Å². The summed E-state index contributed by atoms with van der Waals surface area (Å²) in [6.07, 6.45) is 3.62. The first kappa shape index (κ1) is 12.6. The maximum atomic E-state index is 5.73. The van der Waals surface area contributed by atoms with E-state index in [9.17, 15) is 0 Å². The molecule has 4 nitrogen and oxygen atoms in total. The van der Waals surface area contributed by atoms with E-state index in [1.807, 2.05) is 12.4 Å². The molecule has 2 atom stereocenters. The number of likely N-dealkylation sites (N-methyl/N-ethyl adjacent to an activating group) is 1. The van der Waals surface area contributed by atoms with Crippen molar-refractivity contribution in [1.82, 2.24) is 14.9 Å². The Morgan fingerprint density at radius 1 is 1.24 bits per heavy atom. The summed E-state index contributed by atoms with van der Waals surface area (Å²) in [5.41, 5.74) is 0.964. The van der Waals surface area contributed by atoms with Crippen LogP contribution in [0.15, 0.2) is 12.4 Å². The molecule has 2 heterocycles. The molecule has 1 aliphatic rings. The van der Waals surface area contributed by atoms with Crippen molar-refractivity contribution in [3.05, 3.63) is 18.0 Å². The third-order valence-corrected chi connectivity index (χ3v) is 3.80. The molecule has 2 rings (SSSR count). The van der Waals surface area contributed by atoms with Gasteiger partial charge in [-0.1, -0.05) is 0 Å². The van der Waals surface area contributed by atoms with E-state index in [0.29, 0.717) is 18.0 Å². The minimum atomic E-state index is 0.468. The molecule has 17 heavy (non-hydrogen) atoms. The Bertz CT molecular complexity index is 355. The summed E-state index contributed by atoms with van der Waals surface area (Å²) in [4.78, 5) is 13.4. The van der Waals surface area contributed by atoms with E-state index in [1.54, 1.807) is 0 Å². The van der Waals surface area contributed by atoms with Crippen LogP contribution in [-0.4, -0.2) is 47.1 Å². The van der Waals surface area contributed by atoms with Gasteiger partial charge in [0.15, 0.2) is 0 Å². The third kappa shape index (κ3) is 2.69. The average molecular weight is 255 g/mol. The summed E-state index contributed by atoms with van der Waals surface area (Å²) in [6, 6.07) is 1.05. The normalized spacial score (nSPS) is 26.2. The van der Waals surface area contributed by atoms with Gasteiger partial charge in [0.05, 0.1) is 5.88 Å². The lowest BCUT2D eigenvalue weighted by Gasteiger charge is -2.42. The zero-order chi connectivity index (χ0) is 12.4. The summed E-state index contributed by atoms with van der Waals surface area (Å²) in [6.45, 7) is 6.41. The Kier molecular flexibility index (Phi) is 3.84. The Balaban J connectivity index is 2.11. The molecular formula is C12H19ClN4. The van der Waals surface area contributed by atoms with Crippen LogP contribution in [0.1, 0.15) is 19.4 Å². The Hall–Kier alpha value is -0.870. The van der Waals surface area contributed by atoms with Gasteiger partial charge in [-0.05, 0) is 20.9 Å². The van der Waals surface area contributed by atoms with E-state index < -0.39 is 0 Å². The van der Waals surface area contributed by atoms with Gasteiger partial charge in [-0.15, -0.1) is 11.6 Å². The molecule has 94 valence electrons. The minimum Gasteiger partial charge on any atom is -0.338 e. The van der Waals surface area contributed by atoms with Crippen molar-refractivity contribution in [2.45, 2.75) is 31.8 Å². The van der Waals surface area contributed by atoms with Crippen LogP contribution >= 0.6 is 11.6 Å². The average Bonchev–Trinajstić information content (AvgIpc) is 2.35. The smallest absolute Gasteiger partial charge is 0.225 e. The van der Waals surface area contributed by atoms with Gasteiger partial charge in [0.25, 0.3) is 0 Å². The second kappa shape index (κ2) is 5.19. The van der Waals surface area contributed by atoms with Crippen LogP contribution < -0.4 is 4.90 Å². The zero-order valence-electron chi connectivity index (χ0n) is 10.6. The highest BCUT2D eigenvalue weighted by Crippen LogP contribution is 2.17. The van der Waals surface area contributed by atoms with Gasteiger partial charge in [-0.25, -0.2) is 9.97 Å². The van der Waals surface area contributed by atoms with E-state index >= 15 is 0 Å². The summed E-state index contributed by atoms with van der Waals surface area (Å²) in [7, 11) is 2.17. The molecule has 0 N–H and O–H groups in total. The van der Waals surface area contributed by atoms with E-state index in [0.717, 1.165) is 24.6 Å². The van der Waals surface area contributed by atoms with Crippen LogP contribution in [-0.2, 0) is 5.88 Å². The molecule has 1 aromatic heterocycles. The van der Waals surface area contributed by atoms with Crippen molar-refractivity contribution in [2.75, 3.05) is 25.0 Å². The lowest BCUT2D eigenvalue weighted by Crippen LogP contribution is -2.55. The Labute approximate surface area is 108 Å². The van der Waals surface area contributed by atoms with Gasteiger partial charge in [-0.2, -0.15) is 0 Å². The fourth-order valence-electron chi connectivity index (χ4n) is 2.15. The molecule has 1 aromatic rings. The molecule has 0 amide bonds. The minimum absolute atomic E-state index is 0.468. The molecule has 0 aliphatic carbocycles. The van der Waals surface area contributed by atoms with E-state index in [4.69, 9.17) is 11.6 Å². The van der Waals surface area contributed by atoms with Crippen molar-refractivity contribution in [2.24, 2.45) is 0 Å². The fraction of sp³-hybridized carbons (Fsp3) is 0.667. The highest BCUT2D eigenvalue weighted by molar-refractivity contribution is 6.17. The SMILES string of the molecule is CC1CN(c2ncc(CCl)cn2)CC(C)N1C. The number of nitrogens with zero attached hydrogens (tertiary/aromatic N) is 4. The van der Waals surface area contributed by atoms with Gasteiger partial charge in [-0.3, -0.25) is 4.90 Å². The Morgan fingerprint density at radius 3 is 2.24 bits per heavy atom. The summed E-state index contributed by atoms with van der Waals surface area (Å²) in [5.74, 6) is 1.28. The van der Waals surface area contributed by atoms with Crippen LogP contribution in [0.3, 0.4) is 0 Å². The van der Waals surface area contributed by atoms with Gasteiger partial charge >= 0.3 is 0 Å². The van der Waals surface area contributed by atoms with Gasteiger partial charge in [0.2, 0.25) is 5.95 Å². The van der Waals surface area contributed by atoms with E-state index in [2.05, 4.69) is 40.7 Å². The molecule has 0 saturated carbocycles. The molecule has 0 bridgehead atoms. The second-order valence-corrected chi connectivity index (χ2v) is 5.06. The van der Waals surface area contributed by atoms with Crippen molar-refractivity contribution >= 4 is 17.5 Å². The first-order valence-electron chi connectivity index (χ1n) is 5.95. The first-order chi connectivity index (χ1) is 8.11. The molecule has 0 radical (unpaired) electrons. The Morgan fingerprint density at radius 2 is 1.76 bits per heavy atom. The number of alkyl halides is 1. The van der Waals surface area contributed by atoms with Crippen LogP contribution in [0.4, 0.5) is 5.95 Å². The predicted molar refractivity (Wildman–Crippen MR) is 70.5 cm³/mol. The molecular weight excluding hydrogens is 236 g/mol. The number of hydrogen-bond donors (Lipinski definition) is 0. The van der Waals surface area contributed by atoms with Crippen molar-refractivity contribution in [3.8, 4) is 0 Å². The standard InChI is InChI=1S/C12H19ClN4/c1-9-7-17(8-10(2)16(9)3)12-14-5-11(4-13)6-15-12/h5-6,9-10H,4,7-8H2,1-3H3.